The Morgan fingerprint density at radius 3 is 2.83 bits per heavy atom. The van der Waals surface area contributed by atoms with Crippen LogP contribution in [0.1, 0.15) is 18.9 Å². The lowest BCUT2D eigenvalue weighted by Crippen LogP contribution is -2.37. The van der Waals surface area contributed by atoms with Crippen molar-refractivity contribution in [3.63, 3.8) is 0 Å². The first-order valence-corrected chi connectivity index (χ1v) is 6.68. The van der Waals surface area contributed by atoms with Crippen molar-refractivity contribution in [3.05, 3.63) is 22.4 Å². The summed E-state index contributed by atoms with van der Waals surface area (Å²) in [6, 6.07) is 1.79. The van der Waals surface area contributed by atoms with Gasteiger partial charge in [0.2, 0.25) is 0 Å². The number of thiophene rings is 1. The van der Waals surface area contributed by atoms with Gasteiger partial charge in [0, 0.05) is 20.1 Å². The fourth-order valence-corrected chi connectivity index (χ4v) is 2.04. The number of carboxylic acid groups (broad SMARTS) is 1. The first kappa shape index (κ1) is 14.5. The van der Waals surface area contributed by atoms with Crippen LogP contribution < -0.4 is 5.32 Å². The van der Waals surface area contributed by atoms with Crippen molar-refractivity contribution < 1.29 is 14.7 Å². The molecule has 0 saturated heterocycles. The summed E-state index contributed by atoms with van der Waals surface area (Å²) in [6.45, 7) is 2.56. The Hall–Kier alpha value is -1.56. The molecule has 6 heteroatoms. The number of nitrogens with zero attached hydrogens (tertiary/aromatic N) is 1. The molecule has 1 heterocycles. The van der Waals surface area contributed by atoms with Crippen molar-refractivity contribution in [2.45, 2.75) is 19.9 Å². The number of hydrogen-bond donors (Lipinski definition) is 2. The van der Waals surface area contributed by atoms with Gasteiger partial charge in [-0.1, -0.05) is 6.92 Å². The molecule has 0 aliphatic carbocycles. The molecule has 0 aliphatic heterocycles. The predicted octanol–water partition coefficient (Wildman–Crippen LogP) is 2.00. The summed E-state index contributed by atoms with van der Waals surface area (Å²) >= 11 is 1.59. The van der Waals surface area contributed by atoms with E-state index in [2.05, 4.69) is 5.32 Å². The molecule has 1 atom stereocenters. The van der Waals surface area contributed by atoms with E-state index in [9.17, 15) is 9.59 Å². The maximum absolute atomic E-state index is 11.7. The number of carbonyl (C=O) groups is 2. The first-order chi connectivity index (χ1) is 8.50. The zero-order valence-corrected chi connectivity index (χ0v) is 11.4. The largest absolute Gasteiger partial charge is 0.481 e. The van der Waals surface area contributed by atoms with Gasteiger partial charge in [0.15, 0.2) is 0 Å². The van der Waals surface area contributed by atoms with Gasteiger partial charge >= 0.3 is 12.0 Å². The minimum Gasteiger partial charge on any atom is -0.481 e. The lowest BCUT2D eigenvalue weighted by molar-refractivity contribution is -0.141. The molecular weight excluding hydrogens is 252 g/mol. The zero-order valence-electron chi connectivity index (χ0n) is 10.5. The summed E-state index contributed by atoms with van der Waals surface area (Å²) in [5, 5.41) is 15.4. The third-order valence-corrected chi connectivity index (χ3v) is 3.35. The van der Waals surface area contributed by atoms with Crippen LogP contribution in [-0.2, 0) is 11.3 Å². The quantitative estimate of drug-likeness (QED) is 0.830. The Morgan fingerprint density at radius 1 is 1.56 bits per heavy atom. The van der Waals surface area contributed by atoms with E-state index in [1.807, 2.05) is 16.8 Å². The van der Waals surface area contributed by atoms with Gasteiger partial charge in [-0.15, -0.1) is 0 Å². The number of carboxylic acids is 1. The molecule has 0 aromatic carbocycles. The van der Waals surface area contributed by atoms with Crippen LogP contribution in [-0.4, -0.2) is 35.6 Å². The van der Waals surface area contributed by atoms with E-state index >= 15 is 0 Å². The molecule has 0 saturated carbocycles. The zero-order chi connectivity index (χ0) is 13.5. The average molecular weight is 270 g/mol. The van der Waals surface area contributed by atoms with E-state index in [0.717, 1.165) is 5.56 Å². The lowest BCUT2D eigenvalue weighted by Gasteiger charge is -2.17. The molecule has 0 fully saturated rings. The van der Waals surface area contributed by atoms with E-state index in [1.165, 1.54) is 0 Å². The van der Waals surface area contributed by atoms with Crippen molar-refractivity contribution in [1.29, 1.82) is 0 Å². The summed E-state index contributed by atoms with van der Waals surface area (Å²) in [6.07, 6.45) is 0.438. The Labute approximate surface area is 110 Å². The number of aliphatic carboxylic acids is 1. The number of carbonyl (C=O) groups excluding carboxylic acids is 1. The molecule has 0 radical (unpaired) electrons. The summed E-state index contributed by atoms with van der Waals surface area (Å²) < 4.78 is 0. The molecule has 2 N–H and O–H groups in total. The molecule has 0 spiro atoms. The van der Waals surface area contributed by atoms with Crippen LogP contribution in [0.4, 0.5) is 4.79 Å². The van der Waals surface area contributed by atoms with E-state index in [1.54, 1.807) is 30.2 Å². The van der Waals surface area contributed by atoms with E-state index in [4.69, 9.17) is 5.11 Å². The summed E-state index contributed by atoms with van der Waals surface area (Å²) in [5.74, 6) is -1.27. The monoisotopic (exact) mass is 270 g/mol. The van der Waals surface area contributed by atoms with E-state index < -0.39 is 11.9 Å². The molecule has 0 bridgehead atoms. The molecule has 1 aromatic rings. The lowest BCUT2D eigenvalue weighted by atomic mass is 10.1. The smallest absolute Gasteiger partial charge is 0.317 e. The minimum absolute atomic E-state index is 0.182. The van der Waals surface area contributed by atoms with Gasteiger partial charge < -0.3 is 15.3 Å². The van der Waals surface area contributed by atoms with Crippen LogP contribution in [0.5, 0.6) is 0 Å². The standard InChI is InChI=1S/C12H18N2O3S/c1-9(11(15)16)3-5-13-12(17)14(2)7-10-4-6-18-8-10/h4,6,8-9H,3,5,7H2,1-2H3,(H,13,17)(H,15,16). The second-order valence-electron chi connectivity index (χ2n) is 4.25. The van der Waals surface area contributed by atoms with Crippen molar-refractivity contribution in [2.24, 2.45) is 5.92 Å². The van der Waals surface area contributed by atoms with Gasteiger partial charge in [-0.2, -0.15) is 11.3 Å². The Bertz CT molecular complexity index is 392. The third-order valence-electron chi connectivity index (χ3n) is 2.62. The third kappa shape index (κ3) is 4.75. The van der Waals surface area contributed by atoms with Gasteiger partial charge in [0.25, 0.3) is 0 Å². The molecule has 5 nitrogen and oxygen atoms in total. The molecular formula is C12H18N2O3S. The highest BCUT2D eigenvalue weighted by Gasteiger charge is 2.12. The van der Waals surface area contributed by atoms with Crippen LogP contribution in [0.2, 0.25) is 0 Å². The topological polar surface area (TPSA) is 69.6 Å². The number of hydrogen-bond acceptors (Lipinski definition) is 3. The molecule has 18 heavy (non-hydrogen) atoms. The van der Waals surface area contributed by atoms with Gasteiger partial charge in [-0.25, -0.2) is 4.79 Å². The SMILES string of the molecule is CC(CCNC(=O)N(C)Cc1ccsc1)C(=O)O. The van der Waals surface area contributed by atoms with Crippen LogP contribution in [0, 0.1) is 5.92 Å². The Balaban J connectivity index is 2.26. The van der Waals surface area contributed by atoms with Gasteiger partial charge in [-0.05, 0) is 28.8 Å². The number of rotatable bonds is 6. The van der Waals surface area contributed by atoms with Gasteiger partial charge in [-0.3, -0.25) is 4.79 Å². The maximum atomic E-state index is 11.7. The molecule has 1 unspecified atom stereocenters. The second kappa shape index (κ2) is 7.00. The van der Waals surface area contributed by atoms with Crippen LogP contribution in [0.15, 0.2) is 16.8 Å². The number of amides is 2. The second-order valence-corrected chi connectivity index (χ2v) is 5.03. The van der Waals surface area contributed by atoms with Crippen LogP contribution >= 0.6 is 11.3 Å². The van der Waals surface area contributed by atoms with Crippen LogP contribution in [0.25, 0.3) is 0 Å². The molecule has 100 valence electrons. The highest BCUT2D eigenvalue weighted by Crippen LogP contribution is 2.08. The molecule has 2 amide bonds. The molecule has 0 aliphatic rings. The van der Waals surface area contributed by atoms with Crippen molar-refractivity contribution >= 4 is 23.3 Å². The van der Waals surface area contributed by atoms with Gasteiger partial charge in [0.1, 0.15) is 0 Å². The van der Waals surface area contributed by atoms with Crippen molar-refractivity contribution in [1.82, 2.24) is 10.2 Å². The minimum atomic E-state index is -0.837. The number of urea groups is 1. The van der Waals surface area contributed by atoms with E-state index in [0.29, 0.717) is 19.5 Å². The summed E-state index contributed by atoms with van der Waals surface area (Å²) in [4.78, 5) is 23.9. The number of nitrogens with one attached hydrogen (secondary N) is 1. The van der Waals surface area contributed by atoms with Crippen molar-refractivity contribution in [3.8, 4) is 0 Å². The van der Waals surface area contributed by atoms with Crippen LogP contribution in [0.3, 0.4) is 0 Å². The average Bonchev–Trinajstić information content (AvgIpc) is 2.81. The van der Waals surface area contributed by atoms with Crippen molar-refractivity contribution in [2.75, 3.05) is 13.6 Å². The molecule has 1 aromatic heterocycles. The molecule has 1 rings (SSSR count). The normalized spacial score (nSPS) is 11.9. The Kier molecular flexibility index (Phi) is 5.64. The summed E-state index contributed by atoms with van der Waals surface area (Å²) in [7, 11) is 1.72. The maximum Gasteiger partial charge on any atom is 0.317 e. The fourth-order valence-electron chi connectivity index (χ4n) is 1.38. The first-order valence-electron chi connectivity index (χ1n) is 5.73. The predicted molar refractivity (Wildman–Crippen MR) is 70.6 cm³/mol. The fraction of sp³-hybridized carbons (Fsp3) is 0.500. The Morgan fingerprint density at radius 2 is 2.28 bits per heavy atom. The summed E-state index contributed by atoms with van der Waals surface area (Å²) in [5.41, 5.74) is 1.09. The van der Waals surface area contributed by atoms with Gasteiger partial charge in [0.05, 0.1) is 5.92 Å². The highest BCUT2D eigenvalue weighted by atomic mass is 32.1. The van der Waals surface area contributed by atoms with E-state index in [-0.39, 0.29) is 6.03 Å². The highest BCUT2D eigenvalue weighted by molar-refractivity contribution is 7.07.